The van der Waals surface area contributed by atoms with Crippen molar-refractivity contribution in [1.29, 1.82) is 0 Å². The summed E-state index contributed by atoms with van der Waals surface area (Å²) in [7, 11) is 2.94. The van der Waals surface area contributed by atoms with Gasteiger partial charge in [0.05, 0.1) is 0 Å². The van der Waals surface area contributed by atoms with E-state index in [-0.39, 0.29) is 11.8 Å². The highest BCUT2D eigenvalue weighted by molar-refractivity contribution is 7.16. The first kappa shape index (κ1) is 60.4. The van der Waals surface area contributed by atoms with E-state index in [1.807, 2.05) is 36.4 Å². The Morgan fingerprint density at radius 2 is 1.14 bits per heavy atom. The summed E-state index contributed by atoms with van der Waals surface area (Å²) in [5, 5.41) is 55.5. The Kier molecular flexibility index (Phi) is 19.0. The van der Waals surface area contributed by atoms with Crippen LogP contribution in [-0.2, 0) is 35.8 Å². The summed E-state index contributed by atoms with van der Waals surface area (Å²) in [4.78, 5) is 34.5. The monoisotopic (exact) mass is 1140 g/mol. The zero-order valence-electron chi connectivity index (χ0n) is 49.2. The highest BCUT2D eigenvalue weighted by Gasteiger charge is 2.41. The topological polar surface area (TPSA) is 152 Å². The molecule has 0 saturated carbocycles. The average Bonchev–Trinajstić information content (AvgIpc) is 1.76. The highest BCUT2D eigenvalue weighted by atomic mass is 32.1. The molecule has 12 nitrogen and oxygen atoms in total. The van der Waals surface area contributed by atoms with Crippen LogP contribution in [0.1, 0.15) is 59.4 Å². The van der Waals surface area contributed by atoms with E-state index in [2.05, 4.69) is 175 Å². The van der Waals surface area contributed by atoms with Crippen LogP contribution in [0.2, 0.25) is 13.1 Å². The first-order chi connectivity index (χ1) is 39.7. The molecule has 2 heterocycles. The number of amides is 2. The maximum atomic E-state index is 12.7. The van der Waals surface area contributed by atoms with Crippen LogP contribution in [0.3, 0.4) is 0 Å². The molecule has 1 aliphatic heterocycles. The van der Waals surface area contributed by atoms with Crippen LogP contribution < -0.4 is 31.6 Å². The zero-order valence-corrected chi connectivity index (χ0v) is 51.0. The second-order valence-electron chi connectivity index (χ2n) is 23.0. The van der Waals surface area contributed by atoms with Crippen LogP contribution in [-0.4, -0.2) is 129 Å². The Balaban J connectivity index is 1.21. The minimum absolute atomic E-state index is 0.192. The number of benzene rings is 6. The van der Waals surface area contributed by atoms with Crippen molar-refractivity contribution < 1.29 is 34.3 Å². The van der Waals surface area contributed by atoms with Crippen molar-refractivity contribution in [3.8, 4) is 10.4 Å². The molecule has 0 unspecified atom stereocenters. The standard InChI is InChI=1S/C67H76B2N6O6SSi/c1-44(2)66(76)70-33-17-35-74(40-47-19-11-15-23-59(47)68(78)79)42-57-51-21-13-14-22-52(51)58(43-75(36-18-34-71-67(77)45(3)4)41-48-20-12-16-24-60(48)69(80)81)56-37-46(25-28-53(56)57)61-31-32-62(82-61)65-54-29-26-49(72(5)6)38-63(54)83(9,10)64-39-50(73(7)8)27-30-55(64)65/h11-16,19-32,37-39,78-81H,1,3,17-18,33-36,40-43H2,2,4-10H3,(H-,70,71,76,77)/p+1. The molecule has 0 spiro atoms. The van der Waals surface area contributed by atoms with Gasteiger partial charge in [0.2, 0.25) is 11.8 Å². The van der Waals surface area contributed by atoms with Gasteiger partial charge < -0.3 is 35.6 Å². The van der Waals surface area contributed by atoms with Crippen molar-refractivity contribution in [2.45, 2.75) is 66.0 Å². The van der Waals surface area contributed by atoms with Crippen LogP contribution >= 0.6 is 11.3 Å². The SMILES string of the molecule is C=C(C)C(=O)NCCCN(Cc1ccccc1B(O)O)Cc1c2ccccc2c(CN(CCCNC(=O)C(=C)C)Cc2ccccc2B(O)O)c2cc(-c3ccc(C4=C5C=CC(=[N+](C)C)C=C5[Si](C)(C)c5cc(N(C)C)ccc54)s3)ccc12. The molecule has 426 valence electrons. The molecule has 1 aromatic heterocycles. The molecule has 7 aromatic rings. The molecular weight excluding hydrogens is 1070 g/mol. The fourth-order valence-corrected chi connectivity index (χ4v) is 15.8. The van der Waals surface area contributed by atoms with Gasteiger partial charge in [-0.15, -0.1) is 11.3 Å². The Labute approximate surface area is 495 Å². The molecule has 0 radical (unpaired) electrons. The van der Waals surface area contributed by atoms with Crippen LogP contribution in [0.15, 0.2) is 175 Å². The lowest BCUT2D eigenvalue weighted by atomic mass is 9.77. The first-order valence-corrected chi connectivity index (χ1v) is 32.3. The number of hydrogen-bond donors (Lipinski definition) is 6. The lowest BCUT2D eigenvalue weighted by Gasteiger charge is -2.37. The minimum Gasteiger partial charge on any atom is -0.423 e. The molecule has 6 aromatic carbocycles. The predicted octanol–water partition coefficient (Wildman–Crippen LogP) is 7.80. The molecule has 83 heavy (non-hydrogen) atoms. The Hall–Kier alpha value is -7.24. The molecule has 0 saturated heterocycles. The van der Waals surface area contributed by atoms with Gasteiger partial charge >= 0.3 is 14.2 Å². The average molecular weight is 1140 g/mol. The third-order valence-electron chi connectivity index (χ3n) is 16.2. The molecule has 9 rings (SSSR count). The van der Waals surface area contributed by atoms with Crippen molar-refractivity contribution in [1.82, 2.24) is 20.4 Å². The molecule has 0 bridgehead atoms. The number of nitrogens with one attached hydrogen (secondary N) is 2. The number of thiophene rings is 1. The van der Waals surface area contributed by atoms with Gasteiger partial charge in [0.25, 0.3) is 0 Å². The molecular formula is C67H77B2N6O6SSi+. The number of nitrogens with zero attached hydrogens (tertiary/aromatic N) is 4. The lowest BCUT2D eigenvalue weighted by molar-refractivity contribution is -0.462. The number of allylic oxidation sites excluding steroid dienone is 5. The fourth-order valence-electron chi connectivity index (χ4n) is 11.7. The quantitative estimate of drug-likeness (QED) is 0.0124. The lowest BCUT2D eigenvalue weighted by Crippen LogP contribution is -2.49. The van der Waals surface area contributed by atoms with Gasteiger partial charge in [-0.3, -0.25) is 19.4 Å². The van der Waals surface area contributed by atoms with Crippen molar-refractivity contribution in [2.24, 2.45) is 0 Å². The molecule has 16 heteroatoms. The van der Waals surface area contributed by atoms with Crippen molar-refractivity contribution >= 4 is 100 Å². The third-order valence-corrected chi connectivity index (χ3v) is 20.8. The minimum atomic E-state index is -2.18. The van der Waals surface area contributed by atoms with Gasteiger partial charge in [-0.2, -0.15) is 0 Å². The van der Waals surface area contributed by atoms with Crippen LogP contribution in [0, 0.1) is 0 Å². The van der Waals surface area contributed by atoms with Gasteiger partial charge in [-0.1, -0.05) is 117 Å². The second kappa shape index (κ2) is 26.1. The van der Waals surface area contributed by atoms with E-state index in [0.717, 1.165) is 54.2 Å². The van der Waals surface area contributed by atoms with E-state index >= 15 is 0 Å². The first-order valence-electron chi connectivity index (χ1n) is 28.5. The van der Waals surface area contributed by atoms with Gasteiger partial charge in [-0.25, -0.2) is 4.58 Å². The zero-order chi connectivity index (χ0) is 59.3. The Morgan fingerprint density at radius 1 is 0.627 bits per heavy atom. The maximum absolute atomic E-state index is 12.7. The number of rotatable bonds is 23. The van der Waals surface area contributed by atoms with E-state index in [1.165, 1.54) is 43.4 Å². The molecule has 2 aliphatic rings. The van der Waals surface area contributed by atoms with Crippen molar-refractivity contribution in [3.05, 3.63) is 207 Å². The molecule has 0 atom stereocenters. The summed E-state index contributed by atoms with van der Waals surface area (Å²) in [6.07, 6.45) is 8.25. The largest absolute Gasteiger partial charge is 0.488 e. The summed E-state index contributed by atoms with van der Waals surface area (Å²) < 4.78 is 2.19. The summed E-state index contributed by atoms with van der Waals surface area (Å²) >= 11 is 1.81. The molecule has 0 fully saturated rings. The van der Waals surface area contributed by atoms with E-state index in [0.29, 0.717) is 87.3 Å². The molecule has 2 amide bonds. The Morgan fingerprint density at radius 3 is 1.67 bits per heavy atom. The van der Waals surface area contributed by atoms with E-state index < -0.39 is 22.3 Å². The van der Waals surface area contributed by atoms with Gasteiger partial charge in [0.15, 0.2) is 5.71 Å². The van der Waals surface area contributed by atoms with Crippen LogP contribution in [0.25, 0.3) is 37.6 Å². The van der Waals surface area contributed by atoms with E-state index in [1.54, 1.807) is 37.3 Å². The highest BCUT2D eigenvalue weighted by Crippen LogP contribution is 2.46. The van der Waals surface area contributed by atoms with E-state index in [4.69, 9.17) is 0 Å². The second-order valence-corrected chi connectivity index (χ2v) is 28.4. The van der Waals surface area contributed by atoms with Gasteiger partial charge in [0, 0.05) is 111 Å². The molecule has 1 aliphatic carbocycles. The third kappa shape index (κ3) is 13.4. The number of hydrogen-bond acceptors (Lipinski definition) is 10. The van der Waals surface area contributed by atoms with Crippen LogP contribution in [0.5, 0.6) is 0 Å². The normalized spacial score (nSPS) is 13.5. The van der Waals surface area contributed by atoms with Crippen molar-refractivity contribution in [2.75, 3.05) is 59.3 Å². The number of carbonyl (C=O) groups is 2. The van der Waals surface area contributed by atoms with Gasteiger partial charge in [-0.05, 0) is 145 Å². The summed E-state index contributed by atoms with van der Waals surface area (Å²) in [6, 6.07) is 41.8. The van der Waals surface area contributed by atoms with E-state index in [9.17, 15) is 29.7 Å². The predicted molar refractivity (Wildman–Crippen MR) is 349 cm³/mol. The summed E-state index contributed by atoms with van der Waals surface area (Å²) in [5.74, 6) is -0.384. The summed E-state index contributed by atoms with van der Waals surface area (Å²) in [5.41, 5.74) is 12.8. The molecule has 6 N–H and O–H groups in total. The smallest absolute Gasteiger partial charge is 0.423 e. The van der Waals surface area contributed by atoms with Crippen LogP contribution in [0.4, 0.5) is 5.69 Å². The Bertz CT molecular complexity index is 3780. The van der Waals surface area contributed by atoms with Crippen molar-refractivity contribution in [3.63, 3.8) is 0 Å². The number of anilines is 1. The fraction of sp³-hybridized carbons (Fsp3) is 0.269. The number of fused-ring (bicyclic) bond motifs is 4. The number of carbonyl (C=O) groups excluding carboxylic acids is 2. The van der Waals surface area contributed by atoms with Gasteiger partial charge in [0.1, 0.15) is 22.2 Å². The maximum Gasteiger partial charge on any atom is 0.488 e. The summed E-state index contributed by atoms with van der Waals surface area (Å²) in [6.45, 7) is 19.9.